The number of carbonyl (C=O) groups is 2. The summed E-state index contributed by atoms with van der Waals surface area (Å²) < 4.78 is 4.93. The van der Waals surface area contributed by atoms with E-state index in [-0.39, 0.29) is 11.5 Å². The molecule has 6 heteroatoms. The quantitative estimate of drug-likeness (QED) is 0.571. The Morgan fingerprint density at radius 1 is 1.14 bits per heavy atom. The minimum absolute atomic E-state index is 0.254. The van der Waals surface area contributed by atoms with Gasteiger partial charge in [-0.15, -0.1) is 0 Å². The molecule has 1 aliphatic heterocycles. The van der Waals surface area contributed by atoms with Gasteiger partial charge in [-0.1, -0.05) is 29.8 Å². The van der Waals surface area contributed by atoms with Gasteiger partial charge < -0.3 is 9.64 Å². The number of anilines is 2. The average molecular weight is 397 g/mol. The Labute approximate surface area is 169 Å². The molecule has 0 fully saturated rings. The van der Waals surface area contributed by atoms with E-state index in [1.54, 1.807) is 37.3 Å². The average Bonchev–Trinajstić information content (AvgIpc) is 2.91. The number of hydrogen-bond acceptors (Lipinski definition) is 4. The SMILES string of the molecule is COC(=O)C1=C(C)N(c2cccc(Cl)c2)C(=O)C1=Cc1ccc(N(C)C)cc1. The third-order valence-corrected chi connectivity index (χ3v) is 4.81. The zero-order valence-electron chi connectivity index (χ0n) is 16.2. The second kappa shape index (κ2) is 7.90. The van der Waals surface area contributed by atoms with E-state index < -0.39 is 5.97 Å². The molecule has 0 saturated heterocycles. The molecule has 2 aromatic rings. The lowest BCUT2D eigenvalue weighted by molar-refractivity contribution is -0.136. The third-order valence-electron chi connectivity index (χ3n) is 4.58. The van der Waals surface area contributed by atoms with E-state index in [1.165, 1.54) is 12.0 Å². The molecule has 0 aromatic heterocycles. The number of nitrogens with zero attached hydrogens (tertiary/aromatic N) is 2. The molecule has 0 aliphatic carbocycles. The lowest BCUT2D eigenvalue weighted by atomic mass is 10.0. The molecular formula is C22H21ClN2O3. The summed E-state index contributed by atoms with van der Waals surface area (Å²) in [6.07, 6.45) is 1.71. The van der Waals surface area contributed by atoms with Crippen LogP contribution in [-0.2, 0) is 14.3 Å². The number of methoxy groups -OCH3 is 1. The van der Waals surface area contributed by atoms with Crippen LogP contribution < -0.4 is 9.80 Å². The Bertz CT molecular complexity index is 991. The van der Waals surface area contributed by atoms with Gasteiger partial charge in [-0.25, -0.2) is 4.79 Å². The fraction of sp³-hybridized carbons (Fsp3) is 0.182. The highest BCUT2D eigenvalue weighted by Crippen LogP contribution is 2.36. The maximum Gasteiger partial charge on any atom is 0.340 e. The van der Waals surface area contributed by atoms with Gasteiger partial charge >= 0.3 is 5.97 Å². The van der Waals surface area contributed by atoms with Crippen molar-refractivity contribution >= 4 is 40.9 Å². The van der Waals surface area contributed by atoms with E-state index >= 15 is 0 Å². The zero-order valence-corrected chi connectivity index (χ0v) is 16.9. The molecule has 0 spiro atoms. The molecule has 0 unspecified atom stereocenters. The van der Waals surface area contributed by atoms with Crippen molar-refractivity contribution in [2.45, 2.75) is 6.92 Å². The molecule has 1 amide bonds. The molecule has 0 radical (unpaired) electrons. The normalized spacial score (nSPS) is 15.4. The minimum atomic E-state index is -0.550. The molecule has 0 N–H and O–H groups in total. The standard InChI is InChI=1S/C22H21ClN2O3/c1-14-20(22(27)28-4)19(12-15-8-10-17(11-9-15)24(2)3)21(26)25(14)18-7-5-6-16(23)13-18/h5-13H,1-4H3. The van der Waals surface area contributed by atoms with Crippen LogP contribution in [0, 0.1) is 0 Å². The van der Waals surface area contributed by atoms with Crippen LogP contribution >= 0.6 is 11.6 Å². The third kappa shape index (κ3) is 3.66. The zero-order chi connectivity index (χ0) is 20.4. The summed E-state index contributed by atoms with van der Waals surface area (Å²) in [5.74, 6) is -0.844. The molecular weight excluding hydrogens is 376 g/mol. The number of amides is 1. The maximum atomic E-state index is 13.2. The van der Waals surface area contributed by atoms with Crippen molar-refractivity contribution < 1.29 is 14.3 Å². The Kier molecular flexibility index (Phi) is 5.56. The van der Waals surface area contributed by atoms with E-state index in [0.717, 1.165) is 11.3 Å². The van der Waals surface area contributed by atoms with Gasteiger partial charge in [0.2, 0.25) is 0 Å². The van der Waals surface area contributed by atoms with E-state index in [1.807, 2.05) is 43.3 Å². The van der Waals surface area contributed by atoms with Crippen LogP contribution in [0.1, 0.15) is 12.5 Å². The van der Waals surface area contributed by atoms with Gasteiger partial charge in [-0.2, -0.15) is 0 Å². The van der Waals surface area contributed by atoms with Gasteiger partial charge in [0.25, 0.3) is 5.91 Å². The number of rotatable bonds is 4. The van der Waals surface area contributed by atoms with Crippen molar-refractivity contribution in [2.24, 2.45) is 0 Å². The Balaban J connectivity index is 2.09. The molecule has 5 nitrogen and oxygen atoms in total. The smallest absolute Gasteiger partial charge is 0.340 e. The first-order chi connectivity index (χ1) is 13.3. The van der Waals surface area contributed by atoms with E-state index in [4.69, 9.17) is 16.3 Å². The molecule has 1 aliphatic rings. The highest BCUT2D eigenvalue weighted by molar-refractivity contribution is 6.31. The largest absolute Gasteiger partial charge is 0.465 e. The highest BCUT2D eigenvalue weighted by atomic mass is 35.5. The van der Waals surface area contributed by atoms with Gasteiger partial charge in [0.15, 0.2) is 0 Å². The lowest BCUT2D eigenvalue weighted by Gasteiger charge is -2.18. The Hall–Kier alpha value is -3.05. The number of hydrogen-bond donors (Lipinski definition) is 0. The topological polar surface area (TPSA) is 49.9 Å². The second-order valence-electron chi connectivity index (χ2n) is 6.62. The summed E-state index contributed by atoms with van der Waals surface area (Å²) in [5, 5.41) is 0.509. The molecule has 3 rings (SSSR count). The molecule has 28 heavy (non-hydrogen) atoms. The van der Waals surface area contributed by atoms with Gasteiger partial charge in [-0.05, 0) is 48.9 Å². The molecule has 144 valence electrons. The van der Waals surface area contributed by atoms with Crippen molar-refractivity contribution in [3.05, 3.63) is 76.0 Å². The number of halogens is 1. The molecule has 0 atom stereocenters. The molecule has 0 saturated carbocycles. The number of benzene rings is 2. The van der Waals surface area contributed by atoms with Crippen molar-refractivity contribution in [2.75, 3.05) is 31.0 Å². The first kappa shape index (κ1) is 19.7. The van der Waals surface area contributed by atoms with Crippen molar-refractivity contribution in [3.63, 3.8) is 0 Å². The predicted octanol–water partition coefficient (Wildman–Crippen LogP) is 4.28. The lowest BCUT2D eigenvalue weighted by Crippen LogP contribution is -2.24. The van der Waals surface area contributed by atoms with Crippen LogP contribution in [0.4, 0.5) is 11.4 Å². The van der Waals surface area contributed by atoms with Crippen LogP contribution in [0.3, 0.4) is 0 Å². The van der Waals surface area contributed by atoms with Gasteiger partial charge in [0.1, 0.15) is 0 Å². The van der Waals surface area contributed by atoms with Crippen LogP contribution in [0.15, 0.2) is 65.4 Å². The minimum Gasteiger partial charge on any atom is -0.465 e. The predicted molar refractivity (Wildman–Crippen MR) is 112 cm³/mol. The Morgan fingerprint density at radius 3 is 2.39 bits per heavy atom. The van der Waals surface area contributed by atoms with Crippen LogP contribution in [0.25, 0.3) is 6.08 Å². The number of carbonyl (C=O) groups excluding carboxylic acids is 2. The summed E-state index contributed by atoms with van der Waals surface area (Å²) in [6, 6.07) is 14.7. The van der Waals surface area contributed by atoms with Crippen LogP contribution in [0.2, 0.25) is 5.02 Å². The van der Waals surface area contributed by atoms with Crippen molar-refractivity contribution in [1.82, 2.24) is 0 Å². The van der Waals surface area contributed by atoms with Crippen molar-refractivity contribution in [1.29, 1.82) is 0 Å². The summed E-state index contributed by atoms with van der Waals surface area (Å²) in [7, 11) is 5.22. The highest BCUT2D eigenvalue weighted by Gasteiger charge is 2.37. The Morgan fingerprint density at radius 2 is 1.82 bits per heavy atom. The fourth-order valence-corrected chi connectivity index (χ4v) is 3.33. The van der Waals surface area contributed by atoms with Gasteiger partial charge in [0.05, 0.1) is 23.9 Å². The number of allylic oxidation sites excluding steroid dienone is 1. The number of ether oxygens (including phenoxy) is 1. The maximum absolute atomic E-state index is 13.2. The fourth-order valence-electron chi connectivity index (χ4n) is 3.14. The van der Waals surface area contributed by atoms with Gasteiger partial charge in [-0.3, -0.25) is 9.69 Å². The van der Waals surface area contributed by atoms with Crippen LogP contribution in [0.5, 0.6) is 0 Å². The molecule has 2 aromatic carbocycles. The van der Waals surface area contributed by atoms with E-state index in [9.17, 15) is 9.59 Å². The van der Waals surface area contributed by atoms with Gasteiger partial charge in [0, 0.05) is 30.5 Å². The number of esters is 1. The van der Waals surface area contributed by atoms with Crippen LogP contribution in [-0.4, -0.2) is 33.1 Å². The summed E-state index contributed by atoms with van der Waals surface area (Å²) >= 11 is 6.09. The summed E-state index contributed by atoms with van der Waals surface area (Å²) in [6.45, 7) is 1.72. The second-order valence-corrected chi connectivity index (χ2v) is 7.05. The monoisotopic (exact) mass is 396 g/mol. The first-order valence-corrected chi connectivity index (χ1v) is 9.10. The molecule has 0 bridgehead atoms. The first-order valence-electron chi connectivity index (χ1n) is 8.72. The summed E-state index contributed by atoms with van der Waals surface area (Å²) in [4.78, 5) is 29.1. The molecule has 1 heterocycles. The van der Waals surface area contributed by atoms with Crippen molar-refractivity contribution in [3.8, 4) is 0 Å². The van der Waals surface area contributed by atoms with E-state index in [2.05, 4.69) is 0 Å². The van der Waals surface area contributed by atoms with E-state index in [0.29, 0.717) is 22.0 Å². The summed E-state index contributed by atoms with van der Waals surface area (Å²) in [5.41, 5.74) is 3.51.